The molecule has 0 aliphatic heterocycles. The first-order valence-corrected chi connectivity index (χ1v) is 11.7. The van der Waals surface area contributed by atoms with Gasteiger partial charge in [-0.15, -0.1) is 11.8 Å². The van der Waals surface area contributed by atoms with Gasteiger partial charge in [0.15, 0.2) is 0 Å². The number of benzene rings is 2. The molecule has 1 unspecified atom stereocenters. The first kappa shape index (κ1) is 21.9. The average molecular weight is 447 g/mol. The fourth-order valence-corrected chi connectivity index (χ4v) is 4.74. The van der Waals surface area contributed by atoms with Gasteiger partial charge in [-0.05, 0) is 43.0 Å². The topological polar surface area (TPSA) is 66.5 Å². The van der Waals surface area contributed by atoms with Crippen molar-refractivity contribution < 1.29 is 13.2 Å². The van der Waals surface area contributed by atoms with E-state index in [1.165, 1.54) is 25.1 Å². The quantitative estimate of drug-likeness (QED) is 0.614. The molecule has 0 saturated carbocycles. The summed E-state index contributed by atoms with van der Waals surface area (Å²) in [7, 11) is -3.74. The minimum absolute atomic E-state index is 0.208. The molecule has 0 heterocycles. The van der Waals surface area contributed by atoms with Gasteiger partial charge >= 0.3 is 0 Å². The molecule has 2 aromatic rings. The Balaban J connectivity index is 2.34. The van der Waals surface area contributed by atoms with Crippen LogP contribution in [-0.4, -0.2) is 32.4 Å². The van der Waals surface area contributed by atoms with Crippen LogP contribution in [0.4, 0.5) is 11.4 Å². The number of para-hydroxylation sites is 1. The monoisotopic (exact) mass is 446 g/mol. The molecule has 27 heavy (non-hydrogen) atoms. The van der Waals surface area contributed by atoms with Gasteiger partial charge in [-0.1, -0.05) is 42.3 Å². The van der Waals surface area contributed by atoms with E-state index >= 15 is 0 Å². The summed E-state index contributed by atoms with van der Waals surface area (Å²) in [6.07, 6.45) is 1.04. The highest BCUT2D eigenvalue weighted by molar-refractivity contribution is 7.99. The van der Waals surface area contributed by atoms with E-state index in [2.05, 4.69) is 5.32 Å². The molecule has 1 amide bonds. The van der Waals surface area contributed by atoms with Crippen molar-refractivity contribution in [1.29, 1.82) is 0 Å². The Morgan fingerprint density at radius 2 is 1.85 bits per heavy atom. The van der Waals surface area contributed by atoms with Crippen molar-refractivity contribution in [2.24, 2.45) is 0 Å². The van der Waals surface area contributed by atoms with E-state index in [4.69, 9.17) is 23.2 Å². The number of carbonyl (C=O) groups excluding carboxylic acids is 1. The number of sulfonamides is 1. The highest BCUT2D eigenvalue weighted by Gasteiger charge is 2.29. The fraction of sp³-hybridized carbons (Fsp3) is 0.278. The van der Waals surface area contributed by atoms with Gasteiger partial charge in [0, 0.05) is 4.90 Å². The molecular weight excluding hydrogens is 427 g/mol. The van der Waals surface area contributed by atoms with E-state index in [0.717, 1.165) is 21.2 Å². The van der Waals surface area contributed by atoms with Crippen molar-refractivity contribution in [1.82, 2.24) is 0 Å². The summed E-state index contributed by atoms with van der Waals surface area (Å²) < 4.78 is 25.8. The third-order valence-corrected chi connectivity index (χ3v) is 6.63. The lowest BCUT2D eigenvalue weighted by Crippen LogP contribution is -2.45. The predicted molar refractivity (Wildman–Crippen MR) is 115 cm³/mol. The normalized spacial score (nSPS) is 12.5. The van der Waals surface area contributed by atoms with Crippen molar-refractivity contribution in [3.8, 4) is 0 Å². The summed E-state index contributed by atoms with van der Waals surface area (Å²) in [6, 6.07) is 10.8. The molecule has 1 atom stereocenters. The zero-order valence-electron chi connectivity index (χ0n) is 15.1. The third-order valence-electron chi connectivity index (χ3n) is 3.69. The standard InChI is InChI=1S/C18H20Cl2N2O3S2/c1-4-26-17-8-6-5-7-16(17)21-18(23)12(2)22(27(3,24)25)13-9-10-14(19)15(20)11-13/h5-12H,4H2,1-3H3,(H,21,23). The number of hydrogen-bond acceptors (Lipinski definition) is 4. The fourth-order valence-electron chi connectivity index (χ4n) is 2.52. The summed E-state index contributed by atoms with van der Waals surface area (Å²) in [5.74, 6) is 0.400. The van der Waals surface area contributed by atoms with Crippen LogP contribution in [0, 0.1) is 0 Å². The second kappa shape index (κ2) is 9.19. The molecule has 1 N–H and O–H groups in total. The van der Waals surface area contributed by atoms with Crippen molar-refractivity contribution in [2.75, 3.05) is 21.6 Å². The number of nitrogens with zero attached hydrogens (tertiary/aromatic N) is 1. The second-order valence-electron chi connectivity index (χ2n) is 5.75. The highest BCUT2D eigenvalue weighted by Crippen LogP contribution is 2.31. The predicted octanol–water partition coefficient (Wildman–Crippen LogP) is 4.90. The maximum absolute atomic E-state index is 12.8. The van der Waals surface area contributed by atoms with Gasteiger partial charge in [-0.2, -0.15) is 0 Å². The van der Waals surface area contributed by atoms with Crippen LogP contribution in [0.15, 0.2) is 47.4 Å². The molecule has 0 saturated heterocycles. The number of thioether (sulfide) groups is 1. The van der Waals surface area contributed by atoms with Crippen LogP contribution < -0.4 is 9.62 Å². The van der Waals surface area contributed by atoms with E-state index in [1.54, 1.807) is 17.8 Å². The molecule has 0 fully saturated rings. The van der Waals surface area contributed by atoms with Gasteiger partial charge in [-0.3, -0.25) is 9.10 Å². The van der Waals surface area contributed by atoms with E-state index in [1.807, 2.05) is 25.1 Å². The first-order chi connectivity index (χ1) is 12.6. The highest BCUT2D eigenvalue weighted by atomic mass is 35.5. The largest absolute Gasteiger partial charge is 0.323 e. The number of anilines is 2. The van der Waals surface area contributed by atoms with Crippen molar-refractivity contribution in [3.05, 3.63) is 52.5 Å². The Bertz CT molecular complexity index is 936. The van der Waals surface area contributed by atoms with Gasteiger partial charge in [0.25, 0.3) is 0 Å². The van der Waals surface area contributed by atoms with E-state index < -0.39 is 22.0 Å². The van der Waals surface area contributed by atoms with Crippen LogP contribution in [0.25, 0.3) is 0 Å². The number of amides is 1. The minimum atomic E-state index is -3.74. The molecule has 0 aromatic heterocycles. The van der Waals surface area contributed by atoms with Gasteiger partial charge in [-0.25, -0.2) is 8.42 Å². The van der Waals surface area contributed by atoms with E-state index in [9.17, 15) is 13.2 Å². The second-order valence-corrected chi connectivity index (χ2v) is 9.73. The molecule has 0 bridgehead atoms. The number of hydrogen-bond donors (Lipinski definition) is 1. The molecule has 0 radical (unpaired) electrons. The molecule has 146 valence electrons. The Morgan fingerprint density at radius 1 is 1.19 bits per heavy atom. The Labute approximate surface area is 174 Å². The number of rotatable bonds is 7. The SMILES string of the molecule is CCSc1ccccc1NC(=O)C(C)N(c1ccc(Cl)c(Cl)c1)S(C)(=O)=O. The van der Waals surface area contributed by atoms with E-state index in [-0.39, 0.29) is 10.7 Å². The molecule has 9 heteroatoms. The summed E-state index contributed by atoms with van der Waals surface area (Å²) in [6.45, 7) is 3.54. The van der Waals surface area contributed by atoms with Gasteiger partial charge in [0.1, 0.15) is 6.04 Å². The van der Waals surface area contributed by atoms with Crippen LogP contribution in [0.5, 0.6) is 0 Å². The maximum Gasteiger partial charge on any atom is 0.248 e. The van der Waals surface area contributed by atoms with Crippen LogP contribution in [0.2, 0.25) is 10.0 Å². The van der Waals surface area contributed by atoms with Crippen LogP contribution in [-0.2, 0) is 14.8 Å². The van der Waals surface area contributed by atoms with E-state index in [0.29, 0.717) is 10.7 Å². The van der Waals surface area contributed by atoms with Crippen LogP contribution in [0.3, 0.4) is 0 Å². The van der Waals surface area contributed by atoms with Crippen molar-refractivity contribution in [2.45, 2.75) is 24.8 Å². The van der Waals surface area contributed by atoms with Crippen LogP contribution >= 0.6 is 35.0 Å². The van der Waals surface area contributed by atoms with Gasteiger partial charge in [0.2, 0.25) is 15.9 Å². The zero-order valence-corrected chi connectivity index (χ0v) is 18.2. The lowest BCUT2D eigenvalue weighted by molar-refractivity contribution is -0.116. The zero-order chi connectivity index (χ0) is 20.2. The lowest BCUT2D eigenvalue weighted by atomic mass is 10.2. The van der Waals surface area contributed by atoms with Crippen LogP contribution in [0.1, 0.15) is 13.8 Å². The first-order valence-electron chi connectivity index (χ1n) is 8.12. The summed E-state index contributed by atoms with van der Waals surface area (Å²) in [4.78, 5) is 13.7. The van der Waals surface area contributed by atoms with Gasteiger partial charge in [0.05, 0.1) is 27.7 Å². The summed E-state index contributed by atoms with van der Waals surface area (Å²) >= 11 is 13.5. The summed E-state index contributed by atoms with van der Waals surface area (Å²) in [5.41, 5.74) is 0.912. The Hall–Kier alpha value is -1.41. The molecule has 2 rings (SSSR count). The molecule has 2 aromatic carbocycles. The molecular formula is C18H20Cl2N2O3S2. The van der Waals surface area contributed by atoms with Gasteiger partial charge < -0.3 is 5.32 Å². The Kier molecular flexibility index (Phi) is 7.45. The smallest absolute Gasteiger partial charge is 0.248 e. The van der Waals surface area contributed by atoms with Crippen molar-refractivity contribution in [3.63, 3.8) is 0 Å². The summed E-state index contributed by atoms with van der Waals surface area (Å²) in [5, 5.41) is 3.33. The molecule has 5 nitrogen and oxygen atoms in total. The molecule has 0 aliphatic carbocycles. The lowest BCUT2D eigenvalue weighted by Gasteiger charge is -2.28. The average Bonchev–Trinajstić information content (AvgIpc) is 2.59. The van der Waals surface area contributed by atoms with Crippen molar-refractivity contribution >= 4 is 62.3 Å². The number of halogens is 2. The molecule has 0 spiro atoms. The number of nitrogens with one attached hydrogen (secondary N) is 1. The molecule has 0 aliphatic rings. The minimum Gasteiger partial charge on any atom is -0.323 e. The third kappa shape index (κ3) is 5.54. The Morgan fingerprint density at radius 3 is 2.44 bits per heavy atom. The maximum atomic E-state index is 12.8. The number of carbonyl (C=O) groups is 1.